The predicted molar refractivity (Wildman–Crippen MR) is 69.6 cm³/mol. The van der Waals surface area contributed by atoms with Crippen LogP contribution < -0.4 is 11.3 Å². The minimum atomic E-state index is -0.260. The lowest BCUT2D eigenvalue weighted by atomic mass is 10.0. The average molecular weight is 235 g/mol. The lowest BCUT2D eigenvalue weighted by Crippen LogP contribution is -2.41. The maximum absolute atomic E-state index is 11.2. The summed E-state index contributed by atoms with van der Waals surface area (Å²) in [5.41, 5.74) is 4.67. The molecule has 0 aliphatic heterocycles. The van der Waals surface area contributed by atoms with Gasteiger partial charge in [0, 0.05) is 13.6 Å². The highest BCUT2D eigenvalue weighted by molar-refractivity contribution is 5.73. The van der Waals surface area contributed by atoms with Crippen molar-refractivity contribution >= 4 is 6.03 Å². The number of rotatable bonds is 4. The molecule has 94 valence electrons. The van der Waals surface area contributed by atoms with Gasteiger partial charge in [-0.1, -0.05) is 38.1 Å². The van der Waals surface area contributed by atoms with Gasteiger partial charge in [-0.3, -0.25) is 5.43 Å². The highest BCUT2D eigenvalue weighted by atomic mass is 16.2. The van der Waals surface area contributed by atoms with Crippen molar-refractivity contribution in [1.29, 1.82) is 0 Å². The second kappa shape index (κ2) is 6.25. The molecule has 4 nitrogen and oxygen atoms in total. The Balaban J connectivity index is 2.50. The standard InChI is InChI=1S/C13H21N3O/c1-10(2)12-6-4-11(5-7-12)8-9-16(3)13(17)15-14/h4-7,10H,8-9,14H2,1-3H3,(H,15,17). The van der Waals surface area contributed by atoms with Crippen molar-refractivity contribution in [3.63, 3.8) is 0 Å². The molecule has 0 unspecified atom stereocenters. The summed E-state index contributed by atoms with van der Waals surface area (Å²) >= 11 is 0. The zero-order valence-corrected chi connectivity index (χ0v) is 10.7. The van der Waals surface area contributed by atoms with E-state index in [0.29, 0.717) is 12.5 Å². The second-order valence-corrected chi connectivity index (χ2v) is 4.52. The van der Waals surface area contributed by atoms with Crippen molar-refractivity contribution in [2.75, 3.05) is 13.6 Å². The Morgan fingerprint density at radius 3 is 2.41 bits per heavy atom. The second-order valence-electron chi connectivity index (χ2n) is 4.52. The number of benzene rings is 1. The molecule has 2 amide bonds. The summed E-state index contributed by atoms with van der Waals surface area (Å²) in [5.74, 6) is 5.60. The molecule has 1 rings (SSSR count). The molecule has 0 spiro atoms. The Morgan fingerprint density at radius 1 is 1.35 bits per heavy atom. The van der Waals surface area contributed by atoms with Crippen molar-refractivity contribution in [1.82, 2.24) is 10.3 Å². The fourth-order valence-electron chi connectivity index (χ4n) is 1.58. The first-order valence-corrected chi connectivity index (χ1v) is 5.85. The van der Waals surface area contributed by atoms with E-state index in [2.05, 4.69) is 43.5 Å². The average Bonchev–Trinajstić information content (AvgIpc) is 2.35. The number of amides is 2. The Hall–Kier alpha value is -1.55. The number of hydrogen-bond acceptors (Lipinski definition) is 2. The first kappa shape index (κ1) is 13.5. The van der Waals surface area contributed by atoms with Gasteiger partial charge in [0.1, 0.15) is 0 Å². The van der Waals surface area contributed by atoms with E-state index in [1.54, 1.807) is 11.9 Å². The third-order valence-corrected chi connectivity index (χ3v) is 2.85. The summed E-state index contributed by atoms with van der Waals surface area (Å²) in [7, 11) is 1.73. The molecule has 1 aromatic rings. The lowest BCUT2D eigenvalue weighted by Gasteiger charge is -2.16. The number of hydrogen-bond donors (Lipinski definition) is 2. The number of nitrogens with zero attached hydrogens (tertiary/aromatic N) is 1. The minimum absolute atomic E-state index is 0.260. The number of nitrogens with one attached hydrogen (secondary N) is 1. The number of nitrogens with two attached hydrogens (primary N) is 1. The molecular weight excluding hydrogens is 214 g/mol. The van der Waals surface area contributed by atoms with Crippen LogP contribution in [-0.4, -0.2) is 24.5 Å². The first-order valence-electron chi connectivity index (χ1n) is 5.85. The molecule has 0 aromatic heterocycles. The minimum Gasteiger partial charge on any atom is -0.326 e. The van der Waals surface area contributed by atoms with Gasteiger partial charge in [-0.15, -0.1) is 0 Å². The Morgan fingerprint density at radius 2 is 1.94 bits per heavy atom. The number of carbonyl (C=O) groups excluding carboxylic acids is 1. The van der Waals surface area contributed by atoms with E-state index in [4.69, 9.17) is 5.84 Å². The van der Waals surface area contributed by atoms with Gasteiger partial charge in [0.15, 0.2) is 0 Å². The number of urea groups is 1. The van der Waals surface area contributed by atoms with Crippen LogP contribution in [0.1, 0.15) is 30.9 Å². The van der Waals surface area contributed by atoms with E-state index in [9.17, 15) is 4.79 Å². The van der Waals surface area contributed by atoms with Crippen LogP contribution in [-0.2, 0) is 6.42 Å². The van der Waals surface area contributed by atoms with Crippen LogP contribution in [0, 0.1) is 0 Å². The van der Waals surface area contributed by atoms with Crippen LogP contribution in [0.2, 0.25) is 0 Å². The molecule has 1 aromatic carbocycles. The van der Waals surface area contributed by atoms with Crippen molar-refractivity contribution in [2.45, 2.75) is 26.2 Å². The molecule has 3 N–H and O–H groups in total. The van der Waals surface area contributed by atoms with Crippen LogP contribution in [0.5, 0.6) is 0 Å². The molecule has 0 bridgehead atoms. The van der Waals surface area contributed by atoms with Gasteiger partial charge in [0.25, 0.3) is 0 Å². The highest BCUT2D eigenvalue weighted by Crippen LogP contribution is 2.14. The molecule has 0 aliphatic rings. The van der Waals surface area contributed by atoms with Gasteiger partial charge in [-0.2, -0.15) is 0 Å². The van der Waals surface area contributed by atoms with Gasteiger partial charge >= 0.3 is 6.03 Å². The van der Waals surface area contributed by atoms with E-state index >= 15 is 0 Å². The lowest BCUT2D eigenvalue weighted by molar-refractivity contribution is 0.209. The van der Waals surface area contributed by atoms with Crippen molar-refractivity contribution in [3.8, 4) is 0 Å². The van der Waals surface area contributed by atoms with Crippen LogP contribution in [0.3, 0.4) is 0 Å². The maximum Gasteiger partial charge on any atom is 0.331 e. The summed E-state index contributed by atoms with van der Waals surface area (Å²) < 4.78 is 0. The monoisotopic (exact) mass is 235 g/mol. The van der Waals surface area contributed by atoms with Crippen molar-refractivity contribution < 1.29 is 4.79 Å². The number of likely N-dealkylation sites (N-methyl/N-ethyl adjacent to an activating group) is 1. The zero-order valence-electron chi connectivity index (χ0n) is 10.7. The largest absolute Gasteiger partial charge is 0.331 e. The highest BCUT2D eigenvalue weighted by Gasteiger charge is 2.06. The molecule has 0 saturated heterocycles. The van der Waals surface area contributed by atoms with Crippen LogP contribution >= 0.6 is 0 Å². The smallest absolute Gasteiger partial charge is 0.326 e. The number of hydrazine groups is 1. The van der Waals surface area contributed by atoms with Gasteiger partial charge in [0.2, 0.25) is 0 Å². The number of carbonyl (C=O) groups is 1. The summed E-state index contributed by atoms with van der Waals surface area (Å²) in [6.07, 6.45) is 0.836. The predicted octanol–water partition coefficient (Wildman–Crippen LogP) is 1.87. The quantitative estimate of drug-likeness (QED) is 0.475. The first-order chi connectivity index (χ1) is 8.04. The molecule has 0 fully saturated rings. The summed E-state index contributed by atoms with van der Waals surface area (Å²) in [5, 5.41) is 0. The van der Waals surface area contributed by atoms with E-state index in [-0.39, 0.29) is 6.03 Å². The molecule has 0 heterocycles. The molecular formula is C13H21N3O. The Bertz CT molecular complexity index is 359. The molecule has 0 atom stereocenters. The third-order valence-electron chi connectivity index (χ3n) is 2.85. The molecule has 0 saturated carbocycles. The maximum atomic E-state index is 11.2. The fourth-order valence-corrected chi connectivity index (χ4v) is 1.58. The normalized spacial score (nSPS) is 10.4. The zero-order chi connectivity index (χ0) is 12.8. The Kier molecular flexibility index (Phi) is 4.97. The van der Waals surface area contributed by atoms with Gasteiger partial charge in [-0.25, -0.2) is 10.6 Å². The van der Waals surface area contributed by atoms with E-state index in [1.165, 1.54) is 11.1 Å². The molecule has 4 heteroatoms. The third kappa shape index (κ3) is 4.07. The molecule has 0 radical (unpaired) electrons. The molecule has 17 heavy (non-hydrogen) atoms. The van der Waals surface area contributed by atoms with Crippen LogP contribution in [0.15, 0.2) is 24.3 Å². The van der Waals surface area contributed by atoms with E-state index < -0.39 is 0 Å². The van der Waals surface area contributed by atoms with E-state index in [1.807, 2.05) is 0 Å². The summed E-state index contributed by atoms with van der Waals surface area (Å²) in [4.78, 5) is 12.7. The van der Waals surface area contributed by atoms with Crippen LogP contribution in [0.4, 0.5) is 4.79 Å². The van der Waals surface area contributed by atoms with Crippen LogP contribution in [0.25, 0.3) is 0 Å². The summed E-state index contributed by atoms with van der Waals surface area (Å²) in [6.45, 7) is 5.01. The topological polar surface area (TPSA) is 58.4 Å². The molecule has 0 aliphatic carbocycles. The van der Waals surface area contributed by atoms with E-state index in [0.717, 1.165) is 6.42 Å². The van der Waals surface area contributed by atoms with Gasteiger partial charge in [0.05, 0.1) is 0 Å². The summed E-state index contributed by atoms with van der Waals surface area (Å²) in [6, 6.07) is 8.25. The van der Waals surface area contributed by atoms with Crippen molar-refractivity contribution in [3.05, 3.63) is 35.4 Å². The Labute approximate surface area is 103 Å². The van der Waals surface area contributed by atoms with Crippen molar-refractivity contribution in [2.24, 2.45) is 5.84 Å². The SMILES string of the molecule is CC(C)c1ccc(CCN(C)C(=O)NN)cc1. The van der Waals surface area contributed by atoms with Gasteiger partial charge in [-0.05, 0) is 23.5 Å². The van der Waals surface area contributed by atoms with Gasteiger partial charge < -0.3 is 4.90 Å². The fraction of sp³-hybridized carbons (Fsp3) is 0.462.